The largest absolute Gasteiger partial charge is 0.392 e. The molecule has 1 nitrogen and oxygen atoms in total. The maximum atomic E-state index is 13.6. The van der Waals surface area contributed by atoms with Crippen LogP contribution in [0.15, 0.2) is 18.2 Å². The molecule has 0 radical (unpaired) electrons. The minimum atomic E-state index is -0.174. The molecule has 0 saturated heterocycles. The Bertz CT molecular complexity index is 336. The molecule has 0 saturated carbocycles. The number of halogens is 1. The lowest BCUT2D eigenvalue weighted by Gasteiger charge is -2.05. The van der Waals surface area contributed by atoms with Gasteiger partial charge in [0.1, 0.15) is 5.82 Å². The summed E-state index contributed by atoms with van der Waals surface area (Å²) in [5, 5.41) is 8.90. The number of aliphatic hydroxyl groups is 1. The molecule has 0 aromatic heterocycles. The molecule has 1 N–H and O–H groups in total. The normalized spacial score (nSPS) is 10.8. The van der Waals surface area contributed by atoms with Crippen molar-refractivity contribution >= 4 is 0 Å². The van der Waals surface area contributed by atoms with E-state index in [9.17, 15) is 4.39 Å². The fourth-order valence-electron chi connectivity index (χ4n) is 2.16. The topological polar surface area (TPSA) is 20.2 Å². The smallest absolute Gasteiger partial charge is 0.126 e. The molecule has 0 spiro atoms. The summed E-state index contributed by atoms with van der Waals surface area (Å²) in [5.74, 6) is -0.174. The van der Waals surface area contributed by atoms with Gasteiger partial charge in [-0.25, -0.2) is 4.39 Å². The Morgan fingerprint density at radius 1 is 1.00 bits per heavy atom. The second kappa shape index (κ2) is 9.09. The molecule has 1 rings (SSSR count). The highest BCUT2D eigenvalue weighted by Gasteiger charge is 2.03. The molecule has 0 aliphatic carbocycles. The van der Waals surface area contributed by atoms with E-state index in [-0.39, 0.29) is 12.4 Å². The van der Waals surface area contributed by atoms with Crippen molar-refractivity contribution < 1.29 is 9.50 Å². The van der Waals surface area contributed by atoms with Gasteiger partial charge in [0.25, 0.3) is 0 Å². The van der Waals surface area contributed by atoms with Crippen molar-refractivity contribution in [1.29, 1.82) is 0 Å². The summed E-state index contributed by atoms with van der Waals surface area (Å²) >= 11 is 0. The van der Waals surface area contributed by atoms with Crippen molar-refractivity contribution in [3.05, 3.63) is 35.1 Å². The molecule has 0 aliphatic rings. The van der Waals surface area contributed by atoms with Crippen LogP contribution in [0.1, 0.15) is 63.0 Å². The zero-order chi connectivity index (χ0) is 13.2. The molecule has 0 unspecified atom stereocenters. The SMILES string of the molecule is CCCCCCCCCc1ccc(CO)cc1F. The van der Waals surface area contributed by atoms with Gasteiger partial charge in [0.05, 0.1) is 6.61 Å². The van der Waals surface area contributed by atoms with Gasteiger partial charge < -0.3 is 5.11 Å². The first-order valence-electron chi connectivity index (χ1n) is 7.16. The summed E-state index contributed by atoms with van der Waals surface area (Å²) in [4.78, 5) is 0. The Labute approximate surface area is 110 Å². The number of hydrogen-bond donors (Lipinski definition) is 1. The van der Waals surface area contributed by atoms with E-state index in [0.717, 1.165) is 18.4 Å². The lowest BCUT2D eigenvalue weighted by atomic mass is 10.0. The quantitative estimate of drug-likeness (QED) is 0.636. The third-order valence-electron chi connectivity index (χ3n) is 3.35. The first-order chi connectivity index (χ1) is 8.77. The van der Waals surface area contributed by atoms with E-state index in [4.69, 9.17) is 5.11 Å². The standard InChI is InChI=1S/C16H25FO/c1-2-3-4-5-6-7-8-9-15-11-10-14(13-18)12-16(15)17/h10-12,18H,2-9,13H2,1H3. The van der Waals surface area contributed by atoms with E-state index in [1.165, 1.54) is 44.6 Å². The summed E-state index contributed by atoms with van der Waals surface area (Å²) < 4.78 is 13.6. The first kappa shape index (κ1) is 15.2. The third kappa shape index (κ3) is 5.63. The molecular formula is C16H25FO. The van der Waals surface area contributed by atoms with Gasteiger partial charge in [-0.3, -0.25) is 0 Å². The second-order valence-electron chi connectivity index (χ2n) is 4.96. The maximum absolute atomic E-state index is 13.6. The van der Waals surface area contributed by atoms with Crippen LogP contribution in [0.5, 0.6) is 0 Å². The summed E-state index contributed by atoms with van der Waals surface area (Å²) in [5.41, 5.74) is 1.43. The molecule has 0 fully saturated rings. The van der Waals surface area contributed by atoms with Gasteiger partial charge in [-0.15, -0.1) is 0 Å². The van der Waals surface area contributed by atoms with E-state index in [0.29, 0.717) is 5.56 Å². The van der Waals surface area contributed by atoms with Crippen LogP contribution in [0, 0.1) is 5.82 Å². The van der Waals surface area contributed by atoms with E-state index in [1.54, 1.807) is 12.1 Å². The number of rotatable bonds is 9. The predicted octanol–water partition coefficient (Wildman–Crippen LogP) is 4.61. The van der Waals surface area contributed by atoms with E-state index >= 15 is 0 Å². The minimum Gasteiger partial charge on any atom is -0.392 e. The van der Waals surface area contributed by atoms with Gasteiger partial charge in [-0.05, 0) is 30.0 Å². The summed E-state index contributed by atoms with van der Waals surface area (Å²) in [7, 11) is 0. The van der Waals surface area contributed by atoms with E-state index < -0.39 is 0 Å². The van der Waals surface area contributed by atoms with Gasteiger partial charge in [0.15, 0.2) is 0 Å². The van der Waals surface area contributed by atoms with Gasteiger partial charge >= 0.3 is 0 Å². The van der Waals surface area contributed by atoms with Crippen LogP contribution in [-0.2, 0) is 13.0 Å². The van der Waals surface area contributed by atoms with Gasteiger partial charge in [0, 0.05) is 0 Å². The highest BCUT2D eigenvalue weighted by Crippen LogP contribution is 2.15. The average molecular weight is 252 g/mol. The number of aliphatic hydroxyl groups excluding tert-OH is 1. The highest BCUT2D eigenvalue weighted by molar-refractivity contribution is 5.24. The van der Waals surface area contributed by atoms with Gasteiger partial charge in [-0.1, -0.05) is 57.6 Å². The zero-order valence-electron chi connectivity index (χ0n) is 11.4. The predicted molar refractivity (Wildman–Crippen MR) is 74.0 cm³/mol. The van der Waals surface area contributed by atoms with Crippen LogP contribution in [-0.4, -0.2) is 5.11 Å². The van der Waals surface area contributed by atoms with E-state index in [1.807, 2.05) is 0 Å². The van der Waals surface area contributed by atoms with Crippen LogP contribution >= 0.6 is 0 Å². The molecule has 0 aliphatic heterocycles. The van der Waals surface area contributed by atoms with Crippen molar-refractivity contribution in [3.63, 3.8) is 0 Å². The third-order valence-corrected chi connectivity index (χ3v) is 3.35. The maximum Gasteiger partial charge on any atom is 0.126 e. The van der Waals surface area contributed by atoms with Crippen molar-refractivity contribution in [2.45, 2.75) is 64.9 Å². The van der Waals surface area contributed by atoms with Crippen molar-refractivity contribution in [3.8, 4) is 0 Å². The number of benzene rings is 1. The van der Waals surface area contributed by atoms with Crippen LogP contribution in [0.3, 0.4) is 0 Å². The monoisotopic (exact) mass is 252 g/mol. The number of unbranched alkanes of at least 4 members (excludes halogenated alkanes) is 6. The van der Waals surface area contributed by atoms with E-state index in [2.05, 4.69) is 6.92 Å². The Kier molecular flexibility index (Phi) is 7.66. The Morgan fingerprint density at radius 2 is 1.67 bits per heavy atom. The zero-order valence-corrected chi connectivity index (χ0v) is 11.4. The van der Waals surface area contributed by atoms with Crippen molar-refractivity contribution in [2.24, 2.45) is 0 Å². The Hall–Kier alpha value is -0.890. The lowest BCUT2D eigenvalue weighted by molar-refractivity contribution is 0.281. The molecule has 18 heavy (non-hydrogen) atoms. The fraction of sp³-hybridized carbons (Fsp3) is 0.625. The Balaban J connectivity index is 2.19. The molecule has 102 valence electrons. The second-order valence-corrected chi connectivity index (χ2v) is 4.96. The molecular weight excluding hydrogens is 227 g/mol. The molecule has 0 atom stereocenters. The highest BCUT2D eigenvalue weighted by atomic mass is 19.1. The molecule has 0 bridgehead atoms. The summed E-state index contributed by atoms with van der Waals surface area (Å²) in [6.45, 7) is 2.13. The number of hydrogen-bond acceptors (Lipinski definition) is 1. The minimum absolute atomic E-state index is 0.0887. The van der Waals surface area contributed by atoms with Crippen LogP contribution in [0.4, 0.5) is 4.39 Å². The van der Waals surface area contributed by atoms with Crippen molar-refractivity contribution in [1.82, 2.24) is 0 Å². The molecule has 0 amide bonds. The lowest BCUT2D eigenvalue weighted by Crippen LogP contribution is -1.94. The van der Waals surface area contributed by atoms with Crippen LogP contribution in [0.25, 0.3) is 0 Å². The molecule has 2 heteroatoms. The Morgan fingerprint density at radius 3 is 2.28 bits per heavy atom. The van der Waals surface area contributed by atoms with Gasteiger partial charge in [-0.2, -0.15) is 0 Å². The number of aryl methyl sites for hydroxylation is 1. The van der Waals surface area contributed by atoms with Crippen LogP contribution < -0.4 is 0 Å². The molecule has 0 heterocycles. The van der Waals surface area contributed by atoms with Crippen LogP contribution in [0.2, 0.25) is 0 Å². The van der Waals surface area contributed by atoms with Crippen molar-refractivity contribution in [2.75, 3.05) is 0 Å². The molecule has 1 aromatic rings. The first-order valence-corrected chi connectivity index (χ1v) is 7.16. The summed E-state index contributed by atoms with van der Waals surface area (Å²) in [6.07, 6.45) is 9.56. The van der Waals surface area contributed by atoms with Gasteiger partial charge in [0.2, 0.25) is 0 Å². The summed E-state index contributed by atoms with van der Waals surface area (Å²) in [6, 6.07) is 5.05. The fourth-order valence-corrected chi connectivity index (χ4v) is 2.16. The average Bonchev–Trinajstić information content (AvgIpc) is 2.39. The molecule has 1 aromatic carbocycles.